The van der Waals surface area contributed by atoms with E-state index in [9.17, 15) is 0 Å². The maximum Gasteiger partial charge on any atom is 0.122 e. The molecule has 0 radical (unpaired) electrons. The molecular weight excluding hydrogens is 152 g/mol. The minimum Gasteiger partial charge on any atom is -0.364 e. The van der Waals surface area contributed by atoms with Crippen molar-refractivity contribution in [1.29, 1.82) is 0 Å². The number of hydrogen-bond donors (Lipinski definition) is 0. The first kappa shape index (κ1) is 7.80. The summed E-state index contributed by atoms with van der Waals surface area (Å²) in [4.78, 5) is 0. The minimum absolute atomic E-state index is 0.0196. The Morgan fingerprint density at radius 2 is 2.33 bits per heavy atom. The minimum atomic E-state index is -0.0196. The summed E-state index contributed by atoms with van der Waals surface area (Å²) in [5.74, 6) is 0.529. The van der Waals surface area contributed by atoms with Gasteiger partial charge < -0.3 is 4.74 Å². The maximum atomic E-state index is 5.50. The van der Waals surface area contributed by atoms with E-state index in [1.54, 1.807) is 0 Å². The van der Waals surface area contributed by atoms with E-state index in [-0.39, 0.29) is 5.60 Å². The highest BCUT2D eigenvalue weighted by atomic mass is 16.6. The van der Waals surface area contributed by atoms with E-state index in [0.29, 0.717) is 5.92 Å². The average Bonchev–Trinajstić information content (AvgIpc) is 2.71. The van der Waals surface area contributed by atoms with Crippen molar-refractivity contribution in [2.24, 2.45) is 13.0 Å². The number of aryl methyl sites for hydroxylation is 1. The third-order valence-electron chi connectivity index (χ3n) is 2.58. The highest BCUT2D eigenvalue weighted by molar-refractivity contribution is 5.22. The SMILES string of the molecule is CC(C)C1(c2cnn(C)c2)CO1. The molecule has 1 saturated heterocycles. The molecule has 1 fully saturated rings. The van der Waals surface area contributed by atoms with Crippen molar-refractivity contribution in [3.8, 4) is 0 Å². The summed E-state index contributed by atoms with van der Waals surface area (Å²) in [5, 5.41) is 4.14. The first-order valence-corrected chi connectivity index (χ1v) is 4.28. The summed E-state index contributed by atoms with van der Waals surface area (Å²) < 4.78 is 7.32. The van der Waals surface area contributed by atoms with E-state index in [4.69, 9.17) is 4.74 Å². The van der Waals surface area contributed by atoms with Gasteiger partial charge in [0.2, 0.25) is 0 Å². The van der Waals surface area contributed by atoms with Crippen LogP contribution in [0.2, 0.25) is 0 Å². The van der Waals surface area contributed by atoms with Crippen LogP contribution in [0.25, 0.3) is 0 Å². The topological polar surface area (TPSA) is 30.4 Å². The summed E-state index contributed by atoms with van der Waals surface area (Å²) in [7, 11) is 1.93. The predicted octanol–water partition coefficient (Wildman–Crippen LogP) is 1.30. The van der Waals surface area contributed by atoms with Gasteiger partial charge in [0, 0.05) is 18.8 Å². The molecule has 12 heavy (non-hydrogen) atoms. The van der Waals surface area contributed by atoms with Crippen LogP contribution >= 0.6 is 0 Å². The van der Waals surface area contributed by atoms with Gasteiger partial charge in [-0.05, 0) is 5.92 Å². The summed E-state index contributed by atoms with van der Waals surface area (Å²) >= 11 is 0. The van der Waals surface area contributed by atoms with E-state index in [1.807, 2.05) is 24.1 Å². The lowest BCUT2D eigenvalue weighted by atomic mass is 9.91. The largest absolute Gasteiger partial charge is 0.364 e. The molecule has 3 heteroatoms. The molecule has 2 heterocycles. The Bertz CT molecular complexity index is 286. The van der Waals surface area contributed by atoms with Crippen LogP contribution in [0, 0.1) is 5.92 Å². The Morgan fingerprint density at radius 3 is 2.67 bits per heavy atom. The lowest BCUT2D eigenvalue weighted by Gasteiger charge is -2.12. The normalized spacial score (nSPS) is 28.0. The molecule has 1 aromatic rings. The maximum absolute atomic E-state index is 5.50. The van der Waals surface area contributed by atoms with Gasteiger partial charge in [-0.25, -0.2) is 0 Å². The number of aromatic nitrogens is 2. The van der Waals surface area contributed by atoms with Crippen LogP contribution in [0.15, 0.2) is 12.4 Å². The van der Waals surface area contributed by atoms with Gasteiger partial charge in [-0.3, -0.25) is 4.68 Å². The zero-order valence-electron chi connectivity index (χ0n) is 7.74. The van der Waals surface area contributed by atoms with Gasteiger partial charge in [0.15, 0.2) is 0 Å². The van der Waals surface area contributed by atoms with Gasteiger partial charge in [-0.15, -0.1) is 0 Å². The van der Waals surface area contributed by atoms with E-state index in [1.165, 1.54) is 5.56 Å². The van der Waals surface area contributed by atoms with Crippen molar-refractivity contribution in [3.63, 3.8) is 0 Å². The van der Waals surface area contributed by atoms with Gasteiger partial charge in [0.1, 0.15) is 5.60 Å². The molecule has 3 nitrogen and oxygen atoms in total. The molecule has 0 spiro atoms. The monoisotopic (exact) mass is 166 g/mol. The van der Waals surface area contributed by atoms with Crippen molar-refractivity contribution < 1.29 is 4.74 Å². The second kappa shape index (κ2) is 2.33. The lowest BCUT2D eigenvalue weighted by Crippen LogP contribution is -2.15. The van der Waals surface area contributed by atoms with Crippen molar-refractivity contribution in [2.45, 2.75) is 19.4 Å². The second-order valence-electron chi connectivity index (χ2n) is 3.74. The quantitative estimate of drug-likeness (QED) is 0.620. The summed E-state index contributed by atoms with van der Waals surface area (Å²) in [6.07, 6.45) is 3.93. The van der Waals surface area contributed by atoms with Crippen molar-refractivity contribution >= 4 is 0 Å². The van der Waals surface area contributed by atoms with Crippen LogP contribution in [0.1, 0.15) is 19.4 Å². The molecule has 1 aliphatic heterocycles. The van der Waals surface area contributed by atoms with E-state index >= 15 is 0 Å². The molecule has 0 aliphatic carbocycles. The Hall–Kier alpha value is -0.830. The molecule has 0 saturated carbocycles. The molecule has 1 aliphatic rings. The molecule has 0 N–H and O–H groups in total. The number of epoxide rings is 1. The summed E-state index contributed by atoms with van der Waals surface area (Å²) in [5.41, 5.74) is 1.19. The van der Waals surface area contributed by atoms with Crippen molar-refractivity contribution in [3.05, 3.63) is 18.0 Å². The summed E-state index contributed by atoms with van der Waals surface area (Å²) in [6, 6.07) is 0. The lowest BCUT2D eigenvalue weighted by molar-refractivity contribution is 0.242. The van der Waals surface area contributed by atoms with Crippen LogP contribution in [-0.2, 0) is 17.4 Å². The third-order valence-corrected chi connectivity index (χ3v) is 2.58. The number of hydrogen-bond acceptors (Lipinski definition) is 2. The molecule has 0 bridgehead atoms. The Kier molecular flexibility index (Phi) is 1.51. The molecule has 1 unspecified atom stereocenters. The van der Waals surface area contributed by atoms with Gasteiger partial charge in [0.25, 0.3) is 0 Å². The highest BCUT2D eigenvalue weighted by Crippen LogP contribution is 2.44. The Morgan fingerprint density at radius 1 is 1.67 bits per heavy atom. The fourth-order valence-corrected chi connectivity index (χ4v) is 1.55. The van der Waals surface area contributed by atoms with Crippen molar-refractivity contribution in [1.82, 2.24) is 9.78 Å². The molecule has 2 rings (SSSR count). The molecule has 1 atom stereocenters. The second-order valence-corrected chi connectivity index (χ2v) is 3.74. The first-order valence-electron chi connectivity index (χ1n) is 4.28. The molecule has 66 valence electrons. The van der Waals surface area contributed by atoms with Crippen molar-refractivity contribution in [2.75, 3.05) is 6.61 Å². The van der Waals surface area contributed by atoms with Crippen LogP contribution < -0.4 is 0 Å². The van der Waals surface area contributed by atoms with Gasteiger partial charge >= 0.3 is 0 Å². The number of ether oxygens (including phenoxy) is 1. The van der Waals surface area contributed by atoms with Crippen LogP contribution in [-0.4, -0.2) is 16.4 Å². The fourth-order valence-electron chi connectivity index (χ4n) is 1.55. The van der Waals surface area contributed by atoms with Crippen LogP contribution in [0.3, 0.4) is 0 Å². The first-order chi connectivity index (χ1) is 5.65. The van der Waals surface area contributed by atoms with Crippen LogP contribution in [0.4, 0.5) is 0 Å². The molecule has 1 aromatic heterocycles. The summed E-state index contributed by atoms with van der Waals surface area (Å²) in [6.45, 7) is 5.20. The van der Waals surface area contributed by atoms with Gasteiger partial charge in [-0.1, -0.05) is 13.8 Å². The molecule has 0 amide bonds. The van der Waals surface area contributed by atoms with Gasteiger partial charge in [0.05, 0.1) is 12.8 Å². The number of rotatable bonds is 2. The Balaban J connectivity index is 2.30. The third kappa shape index (κ3) is 0.966. The highest BCUT2D eigenvalue weighted by Gasteiger charge is 2.49. The number of nitrogens with zero attached hydrogens (tertiary/aromatic N) is 2. The molecule has 0 aromatic carbocycles. The van der Waals surface area contributed by atoms with E-state index < -0.39 is 0 Å². The average molecular weight is 166 g/mol. The Labute approximate surface area is 72.3 Å². The van der Waals surface area contributed by atoms with E-state index in [0.717, 1.165) is 6.61 Å². The standard InChI is InChI=1S/C9H14N2O/c1-7(2)9(6-12-9)8-4-10-11(3)5-8/h4-5,7H,6H2,1-3H3. The zero-order chi connectivity index (χ0) is 8.77. The van der Waals surface area contributed by atoms with E-state index in [2.05, 4.69) is 18.9 Å². The van der Waals surface area contributed by atoms with Gasteiger partial charge in [-0.2, -0.15) is 5.10 Å². The predicted molar refractivity (Wildman–Crippen MR) is 45.7 cm³/mol. The zero-order valence-corrected chi connectivity index (χ0v) is 7.74. The molecular formula is C9H14N2O. The fraction of sp³-hybridized carbons (Fsp3) is 0.667. The van der Waals surface area contributed by atoms with Crippen LogP contribution in [0.5, 0.6) is 0 Å². The smallest absolute Gasteiger partial charge is 0.122 e.